The van der Waals surface area contributed by atoms with E-state index in [1.807, 2.05) is 0 Å². The first kappa shape index (κ1) is 10.8. The first-order chi connectivity index (χ1) is 6.72. The number of ether oxygens (including phenoxy) is 1. The van der Waals surface area contributed by atoms with Crippen LogP contribution in [0.25, 0.3) is 0 Å². The van der Waals surface area contributed by atoms with Crippen LogP contribution >= 0.6 is 11.6 Å². The molecule has 14 heavy (non-hydrogen) atoms. The van der Waals surface area contributed by atoms with E-state index in [-0.39, 0.29) is 5.82 Å². The number of rotatable bonds is 3. The average Bonchev–Trinajstić information content (AvgIpc) is 2.18. The summed E-state index contributed by atoms with van der Waals surface area (Å²) < 4.78 is 17.2. The predicted octanol–water partition coefficient (Wildman–Crippen LogP) is 2.15. The number of nitrogens with one attached hydrogen (secondary N) is 1. The number of carbonyl (C=O) groups is 1. The Morgan fingerprint density at radius 3 is 2.64 bits per heavy atom. The van der Waals surface area contributed by atoms with Crippen molar-refractivity contribution in [2.75, 3.05) is 12.4 Å². The molecule has 1 aromatic carbocycles. The quantitative estimate of drug-likeness (QED) is 0.788. The molecule has 0 saturated carbocycles. The summed E-state index contributed by atoms with van der Waals surface area (Å²) in [6.45, 7) is 0.335. The molecule has 0 saturated heterocycles. The smallest absolute Gasteiger partial charge is 0.410 e. The van der Waals surface area contributed by atoms with Crippen LogP contribution in [0.5, 0.6) is 5.75 Å². The maximum atomic E-state index is 12.5. The van der Waals surface area contributed by atoms with E-state index in [1.54, 1.807) is 0 Å². The Morgan fingerprint density at radius 1 is 1.43 bits per heavy atom. The Hall–Kier alpha value is -1.29. The van der Waals surface area contributed by atoms with Crippen LogP contribution in [-0.4, -0.2) is 18.5 Å². The van der Waals surface area contributed by atoms with E-state index in [1.165, 1.54) is 24.3 Å². The average molecular weight is 218 g/mol. The number of halogens is 2. The summed E-state index contributed by atoms with van der Waals surface area (Å²) >= 11 is 5.35. The highest BCUT2D eigenvalue weighted by Gasteiger charge is 2.02. The van der Waals surface area contributed by atoms with Gasteiger partial charge in [0.15, 0.2) is 0 Å². The third-order valence-corrected chi connectivity index (χ3v) is 1.58. The molecule has 1 aromatic rings. The molecule has 3 nitrogen and oxygen atoms in total. The standard InChI is InChI=1S/C9H9ClFNO2/c10-5-6-12-9(13)14-8-3-1-7(11)2-4-8/h1-4H,5-6H2,(H,12,13). The highest BCUT2D eigenvalue weighted by Crippen LogP contribution is 2.10. The van der Waals surface area contributed by atoms with Crippen molar-refractivity contribution < 1.29 is 13.9 Å². The SMILES string of the molecule is O=C(NCCCl)Oc1ccc(F)cc1. The monoisotopic (exact) mass is 217 g/mol. The molecular formula is C9H9ClFNO2. The van der Waals surface area contributed by atoms with Crippen molar-refractivity contribution in [3.05, 3.63) is 30.1 Å². The van der Waals surface area contributed by atoms with E-state index < -0.39 is 6.09 Å². The van der Waals surface area contributed by atoms with Gasteiger partial charge in [0.05, 0.1) is 0 Å². The summed E-state index contributed by atoms with van der Waals surface area (Å²) in [5.41, 5.74) is 0. The number of carbonyl (C=O) groups excluding carboxylic acids is 1. The summed E-state index contributed by atoms with van der Waals surface area (Å²) in [6, 6.07) is 5.17. The van der Waals surface area contributed by atoms with Gasteiger partial charge in [0.25, 0.3) is 0 Å². The molecule has 0 aliphatic rings. The molecule has 1 rings (SSSR count). The lowest BCUT2D eigenvalue weighted by molar-refractivity contribution is 0.201. The zero-order valence-corrected chi connectivity index (χ0v) is 8.05. The van der Waals surface area contributed by atoms with Gasteiger partial charge >= 0.3 is 6.09 Å². The molecule has 0 heterocycles. The van der Waals surface area contributed by atoms with Gasteiger partial charge in [-0.15, -0.1) is 11.6 Å². The molecule has 5 heteroatoms. The first-order valence-corrected chi connectivity index (χ1v) is 4.53. The Balaban J connectivity index is 2.44. The molecule has 0 radical (unpaired) electrons. The minimum atomic E-state index is -0.600. The number of hydrogen-bond acceptors (Lipinski definition) is 2. The number of benzene rings is 1. The zero-order valence-electron chi connectivity index (χ0n) is 7.30. The van der Waals surface area contributed by atoms with Crippen LogP contribution in [0.15, 0.2) is 24.3 Å². The fourth-order valence-corrected chi connectivity index (χ4v) is 0.890. The normalized spacial score (nSPS) is 9.57. The van der Waals surface area contributed by atoms with Gasteiger partial charge in [0.1, 0.15) is 11.6 Å². The van der Waals surface area contributed by atoms with E-state index in [0.717, 1.165) is 0 Å². The van der Waals surface area contributed by atoms with E-state index >= 15 is 0 Å². The lowest BCUT2D eigenvalue weighted by Crippen LogP contribution is -2.28. The minimum absolute atomic E-state index is 0.290. The van der Waals surface area contributed by atoms with E-state index in [2.05, 4.69) is 5.32 Å². The Kier molecular flexibility index (Phi) is 4.19. The molecule has 0 unspecified atom stereocenters. The molecule has 0 aliphatic heterocycles. The van der Waals surface area contributed by atoms with Crippen LogP contribution < -0.4 is 10.1 Å². The number of amides is 1. The molecule has 1 amide bonds. The summed E-state index contributed by atoms with van der Waals surface area (Å²) in [4.78, 5) is 11.0. The minimum Gasteiger partial charge on any atom is -0.410 e. The van der Waals surface area contributed by atoms with Crippen LogP contribution in [0, 0.1) is 5.82 Å². The van der Waals surface area contributed by atoms with E-state index in [0.29, 0.717) is 18.2 Å². The summed E-state index contributed by atoms with van der Waals surface area (Å²) in [5, 5.41) is 2.41. The van der Waals surface area contributed by atoms with Gasteiger partial charge in [0.2, 0.25) is 0 Å². The van der Waals surface area contributed by atoms with Crippen molar-refractivity contribution in [3.8, 4) is 5.75 Å². The second-order valence-electron chi connectivity index (χ2n) is 2.46. The Bertz CT molecular complexity index is 302. The van der Waals surface area contributed by atoms with Gasteiger partial charge in [0, 0.05) is 12.4 Å². The summed E-state index contributed by atoms with van der Waals surface area (Å²) in [5.74, 6) is 0.232. The molecule has 1 N–H and O–H groups in total. The van der Waals surface area contributed by atoms with Crippen LogP contribution in [0.1, 0.15) is 0 Å². The summed E-state index contributed by atoms with van der Waals surface area (Å²) in [7, 11) is 0. The van der Waals surface area contributed by atoms with Gasteiger partial charge in [-0.3, -0.25) is 0 Å². The maximum Gasteiger partial charge on any atom is 0.412 e. The number of hydrogen-bond donors (Lipinski definition) is 1. The lowest BCUT2D eigenvalue weighted by atomic mass is 10.3. The molecule has 0 bridgehead atoms. The van der Waals surface area contributed by atoms with Crippen molar-refractivity contribution in [1.82, 2.24) is 5.32 Å². The van der Waals surface area contributed by atoms with Gasteiger partial charge < -0.3 is 10.1 Å². The second kappa shape index (κ2) is 5.44. The van der Waals surface area contributed by atoms with Crippen LogP contribution in [0.3, 0.4) is 0 Å². The van der Waals surface area contributed by atoms with Crippen LogP contribution in [0.4, 0.5) is 9.18 Å². The lowest BCUT2D eigenvalue weighted by Gasteiger charge is -2.04. The topological polar surface area (TPSA) is 38.3 Å². The fourth-order valence-electron chi connectivity index (χ4n) is 0.795. The zero-order chi connectivity index (χ0) is 10.4. The first-order valence-electron chi connectivity index (χ1n) is 3.99. The van der Waals surface area contributed by atoms with Crippen molar-refractivity contribution >= 4 is 17.7 Å². The van der Waals surface area contributed by atoms with Gasteiger partial charge in [-0.05, 0) is 24.3 Å². The predicted molar refractivity (Wildman–Crippen MR) is 51.1 cm³/mol. The Morgan fingerprint density at radius 2 is 2.07 bits per heavy atom. The molecule has 0 spiro atoms. The van der Waals surface area contributed by atoms with E-state index in [9.17, 15) is 9.18 Å². The van der Waals surface area contributed by atoms with Crippen molar-refractivity contribution in [1.29, 1.82) is 0 Å². The molecular weight excluding hydrogens is 209 g/mol. The van der Waals surface area contributed by atoms with Crippen LogP contribution in [-0.2, 0) is 0 Å². The van der Waals surface area contributed by atoms with Gasteiger partial charge in [-0.1, -0.05) is 0 Å². The van der Waals surface area contributed by atoms with Gasteiger partial charge in [-0.2, -0.15) is 0 Å². The molecule has 76 valence electrons. The second-order valence-corrected chi connectivity index (χ2v) is 2.84. The molecule has 0 aromatic heterocycles. The maximum absolute atomic E-state index is 12.5. The fraction of sp³-hybridized carbons (Fsp3) is 0.222. The highest BCUT2D eigenvalue weighted by molar-refractivity contribution is 6.18. The van der Waals surface area contributed by atoms with E-state index in [4.69, 9.17) is 16.3 Å². The molecule has 0 fully saturated rings. The van der Waals surface area contributed by atoms with Crippen molar-refractivity contribution in [2.45, 2.75) is 0 Å². The number of alkyl halides is 1. The highest BCUT2D eigenvalue weighted by atomic mass is 35.5. The van der Waals surface area contributed by atoms with Crippen molar-refractivity contribution in [3.63, 3.8) is 0 Å². The largest absolute Gasteiger partial charge is 0.412 e. The third kappa shape index (κ3) is 3.62. The van der Waals surface area contributed by atoms with Crippen molar-refractivity contribution in [2.24, 2.45) is 0 Å². The molecule has 0 atom stereocenters. The third-order valence-electron chi connectivity index (χ3n) is 1.39. The van der Waals surface area contributed by atoms with Crippen LogP contribution in [0.2, 0.25) is 0 Å². The summed E-state index contributed by atoms with van der Waals surface area (Å²) in [6.07, 6.45) is -0.600. The van der Waals surface area contributed by atoms with Gasteiger partial charge in [-0.25, -0.2) is 9.18 Å². The molecule has 0 aliphatic carbocycles. The Labute approximate surface area is 85.8 Å².